The van der Waals surface area contributed by atoms with E-state index in [1.165, 1.54) is 6.42 Å². The van der Waals surface area contributed by atoms with Crippen molar-refractivity contribution in [2.45, 2.75) is 12.8 Å². The first-order valence-electron chi connectivity index (χ1n) is 7.45. The molecule has 1 heterocycles. The highest BCUT2D eigenvalue weighted by molar-refractivity contribution is 6.00. The predicted molar refractivity (Wildman–Crippen MR) is 84.5 cm³/mol. The summed E-state index contributed by atoms with van der Waals surface area (Å²) in [6.45, 7) is 2.59. The van der Waals surface area contributed by atoms with Gasteiger partial charge in [-0.3, -0.25) is 5.32 Å². The van der Waals surface area contributed by atoms with Crippen LogP contribution in [0.2, 0.25) is 0 Å². The zero-order valence-corrected chi connectivity index (χ0v) is 12.0. The van der Waals surface area contributed by atoms with E-state index in [0.717, 1.165) is 36.0 Å². The van der Waals surface area contributed by atoms with E-state index in [2.05, 4.69) is 10.6 Å². The minimum absolute atomic E-state index is 0.377. The zero-order valence-electron chi connectivity index (χ0n) is 12.0. The molecular formula is C17H20N2O2. The Hall–Kier alpha value is -2.07. The number of amides is 1. The van der Waals surface area contributed by atoms with Gasteiger partial charge in [-0.1, -0.05) is 36.4 Å². The van der Waals surface area contributed by atoms with Crippen LogP contribution in [-0.2, 0) is 4.74 Å². The first kappa shape index (κ1) is 13.9. The molecule has 1 saturated heterocycles. The van der Waals surface area contributed by atoms with Crippen molar-refractivity contribution in [2.24, 2.45) is 5.92 Å². The highest BCUT2D eigenvalue weighted by Gasteiger charge is 2.15. The van der Waals surface area contributed by atoms with Gasteiger partial charge in [-0.05, 0) is 43.3 Å². The normalized spacial score (nSPS) is 17.8. The molecule has 1 unspecified atom stereocenters. The first-order chi connectivity index (χ1) is 10.3. The summed E-state index contributed by atoms with van der Waals surface area (Å²) in [7, 11) is 0. The van der Waals surface area contributed by atoms with E-state index in [4.69, 9.17) is 4.74 Å². The molecule has 0 radical (unpaired) electrons. The number of hydrogen-bond donors (Lipinski definition) is 2. The zero-order chi connectivity index (χ0) is 14.5. The van der Waals surface area contributed by atoms with E-state index in [1.807, 2.05) is 42.5 Å². The maximum absolute atomic E-state index is 11.9. The highest BCUT2D eigenvalue weighted by atomic mass is 16.5. The minimum atomic E-state index is -0.377. The Morgan fingerprint density at radius 2 is 2.10 bits per heavy atom. The molecule has 0 spiro atoms. The Kier molecular flexibility index (Phi) is 4.36. The lowest BCUT2D eigenvalue weighted by molar-refractivity contribution is 0.154. The van der Waals surface area contributed by atoms with Gasteiger partial charge in [0.2, 0.25) is 0 Å². The average molecular weight is 284 g/mol. The molecule has 1 aliphatic rings. The Morgan fingerprint density at radius 3 is 2.95 bits per heavy atom. The summed E-state index contributed by atoms with van der Waals surface area (Å²) >= 11 is 0. The van der Waals surface area contributed by atoms with Crippen LogP contribution < -0.4 is 10.6 Å². The summed E-state index contributed by atoms with van der Waals surface area (Å²) in [5.41, 5.74) is 0.792. The Morgan fingerprint density at radius 1 is 1.24 bits per heavy atom. The number of anilines is 1. The molecule has 0 saturated carbocycles. The van der Waals surface area contributed by atoms with Crippen molar-refractivity contribution in [1.82, 2.24) is 5.32 Å². The standard InChI is InChI=1S/C17H20N2O2/c20-17(21-11-9-13-8-10-18-12-13)19-16-7-3-5-14-4-1-2-6-15(14)16/h1-7,13,18H,8-12H2,(H,19,20). The molecule has 3 rings (SSSR count). The van der Waals surface area contributed by atoms with Crippen molar-refractivity contribution in [3.05, 3.63) is 42.5 Å². The third-order valence-corrected chi connectivity index (χ3v) is 3.95. The van der Waals surface area contributed by atoms with Gasteiger partial charge in [0, 0.05) is 5.39 Å². The first-order valence-corrected chi connectivity index (χ1v) is 7.45. The van der Waals surface area contributed by atoms with Gasteiger partial charge in [-0.15, -0.1) is 0 Å². The Bertz CT molecular complexity index is 616. The second-order valence-electron chi connectivity index (χ2n) is 5.44. The lowest BCUT2D eigenvalue weighted by atomic mass is 10.1. The summed E-state index contributed by atoms with van der Waals surface area (Å²) in [6, 6.07) is 13.8. The quantitative estimate of drug-likeness (QED) is 0.905. The summed E-state index contributed by atoms with van der Waals surface area (Å²) in [6.07, 6.45) is 1.72. The summed E-state index contributed by atoms with van der Waals surface area (Å²) in [4.78, 5) is 11.9. The maximum atomic E-state index is 11.9. The van der Waals surface area contributed by atoms with Crippen LogP contribution in [0.3, 0.4) is 0 Å². The molecule has 0 aromatic heterocycles. The smallest absolute Gasteiger partial charge is 0.411 e. The number of nitrogens with one attached hydrogen (secondary N) is 2. The van der Waals surface area contributed by atoms with Crippen LogP contribution in [0, 0.1) is 5.92 Å². The molecule has 1 fully saturated rings. The van der Waals surface area contributed by atoms with Crippen molar-refractivity contribution < 1.29 is 9.53 Å². The van der Waals surface area contributed by atoms with Crippen LogP contribution in [0.4, 0.5) is 10.5 Å². The number of fused-ring (bicyclic) bond motifs is 1. The monoisotopic (exact) mass is 284 g/mol. The van der Waals surface area contributed by atoms with Crippen LogP contribution in [0.5, 0.6) is 0 Å². The van der Waals surface area contributed by atoms with Crippen LogP contribution >= 0.6 is 0 Å². The molecule has 1 aliphatic heterocycles. The van der Waals surface area contributed by atoms with Gasteiger partial charge >= 0.3 is 6.09 Å². The molecule has 21 heavy (non-hydrogen) atoms. The molecule has 1 atom stereocenters. The van der Waals surface area contributed by atoms with Crippen molar-refractivity contribution in [1.29, 1.82) is 0 Å². The molecular weight excluding hydrogens is 264 g/mol. The molecule has 4 heteroatoms. The second-order valence-corrected chi connectivity index (χ2v) is 5.44. The van der Waals surface area contributed by atoms with Gasteiger partial charge in [0.05, 0.1) is 12.3 Å². The fraction of sp³-hybridized carbons (Fsp3) is 0.353. The van der Waals surface area contributed by atoms with Crippen molar-refractivity contribution in [3.63, 3.8) is 0 Å². The molecule has 1 amide bonds. The topological polar surface area (TPSA) is 50.4 Å². The van der Waals surface area contributed by atoms with Crippen LogP contribution in [0.25, 0.3) is 10.8 Å². The molecule has 4 nitrogen and oxygen atoms in total. The van der Waals surface area contributed by atoms with E-state index in [-0.39, 0.29) is 6.09 Å². The van der Waals surface area contributed by atoms with Gasteiger partial charge in [0.15, 0.2) is 0 Å². The number of benzene rings is 2. The SMILES string of the molecule is O=C(Nc1cccc2ccccc12)OCCC1CCNC1. The minimum Gasteiger partial charge on any atom is -0.449 e. The average Bonchev–Trinajstić information content (AvgIpc) is 3.01. The molecule has 2 aromatic carbocycles. The van der Waals surface area contributed by atoms with Crippen LogP contribution in [-0.4, -0.2) is 25.8 Å². The van der Waals surface area contributed by atoms with Crippen molar-refractivity contribution >= 4 is 22.6 Å². The summed E-state index contributed by atoms with van der Waals surface area (Å²) < 4.78 is 5.28. The highest BCUT2D eigenvalue weighted by Crippen LogP contribution is 2.23. The van der Waals surface area contributed by atoms with E-state index < -0.39 is 0 Å². The number of ether oxygens (including phenoxy) is 1. The summed E-state index contributed by atoms with van der Waals surface area (Å²) in [5.74, 6) is 0.635. The van der Waals surface area contributed by atoms with Gasteiger partial charge < -0.3 is 10.1 Å². The number of carbonyl (C=O) groups is 1. The third kappa shape index (κ3) is 3.52. The van der Waals surface area contributed by atoms with Gasteiger partial charge in [-0.25, -0.2) is 4.79 Å². The number of hydrogen-bond acceptors (Lipinski definition) is 3. The number of carbonyl (C=O) groups excluding carboxylic acids is 1. The Balaban J connectivity index is 1.56. The van der Waals surface area contributed by atoms with Gasteiger partial charge in [0.25, 0.3) is 0 Å². The third-order valence-electron chi connectivity index (χ3n) is 3.95. The Labute approximate surface area is 124 Å². The van der Waals surface area contributed by atoms with E-state index in [0.29, 0.717) is 12.5 Å². The lowest BCUT2D eigenvalue weighted by Gasteiger charge is -2.11. The predicted octanol–water partition coefficient (Wildman–Crippen LogP) is 3.39. The lowest BCUT2D eigenvalue weighted by Crippen LogP contribution is -2.17. The van der Waals surface area contributed by atoms with Crippen molar-refractivity contribution in [3.8, 4) is 0 Å². The van der Waals surface area contributed by atoms with Crippen LogP contribution in [0.1, 0.15) is 12.8 Å². The van der Waals surface area contributed by atoms with Crippen molar-refractivity contribution in [2.75, 3.05) is 25.0 Å². The molecule has 110 valence electrons. The molecule has 0 bridgehead atoms. The molecule has 2 N–H and O–H groups in total. The van der Waals surface area contributed by atoms with Crippen LogP contribution in [0.15, 0.2) is 42.5 Å². The fourth-order valence-corrected chi connectivity index (χ4v) is 2.76. The van der Waals surface area contributed by atoms with E-state index in [9.17, 15) is 4.79 Å². The largest absolute Gasteiger partial charge is 0.449 e. The van der Waals surface area contributed by atoms with E-state index in [1.54, 1.807) is 0 Å². The van der Waals surface area contributed by atoms with E-state index >= 15 is 0 Å². The maximum Gasteiger partial charge on any atom is 0.411 e. The summed E-state index contributed by atoms with van der Waals surface area (Å²) in [5, 5.41) is 8.28. The van der Waals surface area contributed by atoms with Gasteiger partial charge in [0.1, 0.15) is 0 Å². The second kappa shape index (κ2) is 6.59. The number of rotatable bonds is 4. The van der Waals surface area contributed by atoms with Gasteiger partial charge in [-0.2, -0.15) is 0 Å². The fourth-order valence-electron chi connectivity index (χ4n) is 2.76. The molecule has 0 aliphatic carbocycles. The molecule has 2 aromatic rings.